The van der Waals surface area contributed by atoms with E-state index in [4.69, 9.17) is 0 Å². The number of hydrogen-bond donors (Lipinski definition) is 1. The molecule has 1 fully saturated rings. The molecule has 0 unspecified atom stereocenters. The van der Waals surface area contributed by atoms with Crippen molar-refractivity contribution < 1.29 is 4.39 Å². The summed E-state index contributed by atoms with van der Waals surface area (Å²) in [5.41, 5.74) is 2.29. The number of anilines is 2. The number of nitrogens with one attached hydrogen (secondary N) is 1. The van der Waals surface area contributed by atoms with Crippen molar-refractivity contribution in [1.82, 2.24) is 19.8 Å². The summed E-state index contributed by atoms with van der Waals surface area (Å²) >= 11 is 1.60. The van der Waals surface area contributed by atoms with Gasteiger partial charge in [-0.25, -0.2) is 14.4 Å². The molecule has 1 aliphatic rings. The van der Waals surface area contributed by atoms with Gasteiger partial charge in [0.1, 0.15) is 5.82 Å². The van der Waals surface area contributed by atoms with Crippen LogP contribution in [0.5, 0.6) is 0 Å². The first-order valence-corrected chi connectivity index (χ1v) is 9.22. The summed E-state index contributed by atoms with van der Waals surface area (Å²) in [5.74, 6) is 0.289. The minimum absolute atomic E-state index is 0.194. The van der Waals surface area contributed by atoms with Crippen LogP contribution in [0.2, 0.25) is 0 Å². The highest BCUT2D eigenvalue weighted by Gasteiger charge is 2.15. The van der Waals surface area contributed by atoms with Crippen molar-refractivity contribution in [3.05, 3.63) is 47.2 Å². The van der Waals surface area contributed by atoms with Crippen LogP contribution in [0, 0.1) is 5.82 Å². The summed E-state index contributed by atoms with van der Waals surface area (Å²) in [5, 5.41) is 5.07. The molecule has 4 rings (SSSR count). The summed E-state index contributed by atoms with van der Waals surface area (Å²) in [6.07, 6.45) is 1.79. The fourth-order valence-corrected chi connectivity index (χ4v) is 3.65. The predicted molar refractivity (Wildman–Crippen MR) is 99.9 cm³/mol. The van der Waals surface area contributed by atoms with Gasteiger partial charge in [0.25, 0.3) is 0 Å². The monoisotopic (exact) mass is 357 g/mol. The normalized spacial score (nSPS) is 16.4. The van der Waals surface area contributed by atoms with Gasteiger partial charge in [0.05, 0.1) is 16.4 Å². The third-order valence-electron chi connectivity index (χ3n) is 4.50. The average Bonchev–Trinajstić information content (AvgIpc) is 3.07. The van der Waals surface area contributed by atoms with Crippen LogP contribution >= 0.6 is 11.3 Å². The van der Waals surface area contributed by atoms with E-state index in [9.17, 15) is 4.39 Å². The van der Waals surface area contributed by atoms with Crippen molar-refractivity contribution in [3.8, 4) is 0 Å². The number of rotatable bonds is 4. The van der Waals surface area contributed by atoms with Gasteiger partial charge in [-0.15, -0.1) is 11.3 Å². The Morgan fingerprint density at radius 2 is 2.04 bits per heavy atom. The number of likely N-dealkylation sites (N-methyl/N-ethyl adjacent to an activating group) is 1. The highest BCUT2D eigenvalue weighted by molar-refractivity contribution is 7.17. The van der Waals surface area contributed by atoms with Crippen molar-refractivity contribution in [1.29, 1.82) is 0 Å². The number of halogens is 1. The Bertz CT molecular complexity index is 873. The van der Waals surface area contributed by atoms with Gasteiger partial charge in [-0.1, -0.05) is 6.07 Å². The van der Waals surface area contributed by atoms with Crippen LogP contribution in [0.1, 0.15) is 5.56 Å². The van der Waals surface area contributed by atoms with Gasteiger partial charge in [0.2, 0.25) is 5.95 Å². The lowest BCUT2D eigenvalue weighted by molar-refractivity contribution is 0.147. The maximum absolute atomic E-state index is 14.5. The van der Waals surface area contributed by atoms with E-state index < -0.39 is 0 Å². The number of hydrogen-bond acceptors (Lipinski definition) is 6. The van der Waals surface area contributed by atoms with Crippen LogP contribution in [-0.2, 0) is 6.54 Å². The molecule has 1 aliphatic heterocycles. The zero-order valence-corrected chi connectivity index (χ0v) is 14.9. The molecule has 5 nitrogen and oxygen atoms in total. The standard InChI is InChI=1S/C18H20FN5S/c1-23-5-7-24(8-6-23)12-13-2-3-14(10-15(13)19)21-18-20-11-17-16(22-18)4-9-25-17/h2-4,9-11H,5-8,12H2,1H3,(H,20,21,22). The second kappa shape index (κ2) is 7.03. The molecular weight excluding hydrogens is 337 g/mol. The molecule has 1 saturated heterocycles. The van der Waals surface area contributed by atoms with E-state index in [1.54, 1.807) is 17.5 Å². The van der Waals surface area contributed by atoms with E-state index in [1.165, 1.54) is 6.07 Å². The van der Waals surface area contributed by atoms with Gasteiger partial charge >= 0.3 is 0 Å². The highest BCUT2D eigenvalue weighted by atomic mass is 32.1. The summed E-state index contributed by atoms with van der Waals surface area (Å²) in [6.45, 7) is 4.67. The number of fused-ring (bicyclic) bond motifs is 1. The van der Waals surface area contributed by atoms with E-state index in [-0.39, 0.29) is 5.82 Å². The van der Waals surface area contributed by atoms with Gasteiger partial charge in [-0.3, -0.25) is 4.90 Å². The van der Waals surface area contributed by atoms with Crippen molar-refractivity contribution in [3.63, 3.8) is 0 Å². The van der Waals surface area contributed by atoms with E-state index in [0.717, 1.165) is 42.0 Å². The molecule has 0 radical (unpaired) electrons. The molecule has 0 atom stereocenters. The van der Waals surface area contributed by atoms with Crippen molar-refractivity contribution in [2.75, 3.05) is 38.5 Å². The average molecular weight is 357 g/mol. The Labute approximate surface area is 150 Å². The largest absolute Gasteiger partial charge is 0.324 e. The van der Waals surface area contributed by atoms with Gasteiger partial charge in [0, 0.05) is 44.0 Å². The van der Waals surface area contributed by atoms with Crippen molar-refractivity contribution in [2.45, 2.75) is 6.54 Å². The van der Waals surface area contributed by atoms with Crippen LogP contribution in [0.3, 0.4) is 0 Å². The Kier molecular flexibility index (Phi) is 4.61. The van der Waals surface area contributed by atoms with Gasteiger partial charge < -0.3 is 10.2 Å². The molecule has 0 saturated carbocycles. The second-order valence-electron chi connectivity index (χ2n) is 6.37. The summed E-state index contributed by atoms with van der Waals surface area (Å²) < 4.78 is 15.5. The fourth-order valence-electron chi connectivity index (χ4n) is 2.96. The molecule has 0 aliphatic carbocycles. The number of benzene rings is 1. The summed E-state index contributed by atoms with van der Waals surface area (Å²) in [7, 11) is 2.12. The Balaban J connectivity index is 1.45. The minimum atomic E-state index is -0.194. The lowest BCUT2D eigenvalue weighted by atomic mass is 10.1. The van der Waals surface area contributed by atoms with E-state index in [2.05, 4.69) is 32.1 Å². The number of thiophene rings is 1. The SMILES string of the molecule is CN1CCN(Cc2ccc(Nc3ncc4sccc4n3)cc2F)CC1. The molecule has 25 heavy (non-hydrogen) atoms. The molecule has 7 heteroatoms. The lowest BCUT2D eigenvalue weighted by Gasteiger charge is -2.32. The third kappa shape index (κ3) is 3.78. The molecule has 0 spiro atoms. The molecule has 3 aromatic rings. The molecule has 0 amide bonds. The number of piperazine rings is 1. The maximum atomic E-state index is 14.5. The maximum Gasteiger partial charge on any atom is 0.227 e. The van der Waals surface area contributed by atoms with Gasteiger partial charge in [-0.2, -0.15) is 0 Å². The van der Waals surface area contributed by atoms with Crippen LogP contribution in [0.4, 0.5) is 16.0 Å². The van der Waals surface area contributed by atoms with Crippen molar-refractivity contribution in [2.24, 2.45) is 0 Å². The van der Waals surface area contributed by atoms with Crippen LogP contribution in [0.15, 0.2) is 35.8 Å². The Morgan fingerprint density at radius 1 is 1.20 bits per heavy atom. The van der Waals surface area contributed by atoms with Crippen LogP contribution < -0.4 is 5.32 Å². The summed E-state index contributed by atoms with van der Waals surface area (Å²) in [4.78, 5) is 13.3. The zero-order valence-electron chi connectivity index (χ0n) is 14.1. The van der Waals surface area contributed by atoms with Gasteiger partial charge in [-0.05, 0) is 30.6 Å². The molecular formula is C18H20FN5S. The first kappa shape index (κ1) is 16.4. The molecule has 0 bridgehead atoms. The predicted octanol–water partition coefficient (Wildman–Crippen LogP) is 3.32. The minimum Gasteiger partial charge on any atom is -0.324 e. The topological polar surface area (TPSA) is 44.3 Å². The Morgan fingerprint density at radius 3 is 2.84 bits per heavy atom. The van der Waals surface area contributed by atoms with Crippen molar-refractivity contribution >= 4 is 33.2 Å². The zero-order chi connectivity index (χ0) is 17.2. The molecule has 130 valence electrons. The Hall–Kier alpha value is -2.09. The van der Waals surface area contributed by atoms with E-state index in [0.29, 0.717) is 18.2 Å². The highest BCUT2D eigenvalue weighted by Crippen LogP contribution is 2.22. The fraction of sp³-hybridized carbons (Fsp3) is 0.333. The molecule has 1 N–H and O–H groups in total. The van der Waals surface area contributed by atoms with Crippen LogP contribution in [-0.4, -0.2) is 53.0 Å². The number of nitrogens with zero attached hydrogens (tertiary/aromatic N) is 4. The second-order valence-corrected chi connectivity index (χ2v) is 7.32. The van der Waals surface area contributed by atoms with E-state index in [1.807, 2.05) is 23.6 Å². The first-order valence-electron chi connectivity index (χ1n) is 8.34. The number of aromatic nitrogens is 2. The molecule has 2 aromatic heterocycles. The molecule has 1 aromatic carbocycles. The van der Waals surface area contributed by atoms with Crippen LogP contribution in [0.25, 0.3) is 10.2 Å². The lowest BCUT2D eigenvalue weighted by Crippen LogP contribution is -2.44. The van der Waals surface area contributed by atoms with Gasteiger partial charge in [0.15, 0.2) is 0 Å². The van der Waals surface area contributed by atoms with E-state index >= 15 is 0 Å². The molecule has 3 heterocycles. The smallest absolute Gasteiger partial charge is 0.227 e. The first-order chi connectivity index (χ1) is 12.2. The quantitative estimate of drug-likeness (QED) is 0.776. The summed E-state index contributed by atoms with van der Waals surface area (Å²) in [6, 6.07) is 7.20. The third-order valence-corrected chi connectivity index (χ3v) is 5.34.